The summed E-state index contributed by atoms with van der Waals surface area (Å²) in [5.74, 6) is 3.41. The summed E-state index contributed by atoms with van der Waals surface area (Å²) in [6.45, 7) is 0. The van der Waals surface area contributed by atoms with Gasteiger partial charge in [-0.05, 0) is 48.6 Å². The summed E-state index contributed by atoms with van der Waals surface area (Å²) < 4.78 is 0.115. The molecule has 2 aromatic rings. The maximum Gasteiger partial charge on any atom is 0.214 e. The molecular weight excluding hydrogens is 495 g/mol. The van der Waals surface area contributed by atoms with Crippen molar-refractivity contribution >= 4 is 49.9 Å². The molecule has 2 aromatic carbocycles. The van der Waals surface area contributed by atoms with Gasteiger partial charge < -0.3 is 0 Å². The lowest BCUT2D eigenvalue weighted by Crippen LogP contribution is -2.05. The van der Waals surface area contributed by atoms with Crippen molar-refractivity contribution in [1.82, 2.24) is 0 Å². The van der Waals surface area contributed by atoms with Crippen LogP contribution in [0.25, 0.3) is 0 Å². The average molecular weight is 525 g/mol. The van der Waals surface area contributed by atoms with Gasteiger partial charge in [-0.1, -0.05) is 73.2 Å². The fourth-order valence-corrected chi connectivity index (χ4v) is 5.55. The summed E-state index contributed by atoms with van der Waals surface area (Å²) in [6.07, 6.45) is 9.62. The maximum atomic E-state index is 10.9. The Hall–Kier alpha value is -0.720. The second-order valence-electron chi connectivity index (χ2n) is 6.74. The number of thioether (sulfide) groups is 2. The van der Waals surface area contributed by atoms with Crippen LogP contribution in [0.4, 0.5) is 0 Å². The van der Waals surface area contributed by atoms with E-state index >= 15 is 0 Å². The highest BCUT2D eigenvalue weighted by atomic mass is 127. The summed E-state index contributed by atoms with van der Waals surface area (Å²) in [5, 5.41) is 0.707. The number of hydrogen-bond donors (Lipinski definition) is 0. The predicted octanol–water partition coefficient (Wildman–Crippen LogP) is 7.69. The van der Waals surface area contributed by atoms with Crippen LogP contribution in [0, 0.1) is 0 Å². The van der Waals surface area contributed by atoms with Gasteiger partial charge in [0.2, 0.25) is 3.79 Å². The molecule has 0 aromatic heterocycles. The molecular formula is C24H29IOS2. The monoisotopic (exact) mass is 524 g/mol. The van der Waals surface area contributed by atoms with Crippen LogP contribution in [0.5, 0.6) is 0 Å². The summed E-state index contributed by atoms with van der Waals surface area (Å²) in [6, 6.07) is 21.5. The van der Waals surface area contributed by atoms with Crippen LogP contribution in [0.15, 0.2) is 72.8 Å². The third-order valence-corrected chi connectivity index (χ3v) is 7.28. The number of allylic oxidation sites excluding steroid dienone is 2. The molecule has 4 heteroatoms. The van der Waals surface area contributed by atoms with Crippen molar-refractivity contribution in [1.29, 1.82) is 0 Å². The van der Waals surface area contributed by atoms with Crippen molar-refractivity contribution in [3.8, 4) is 0 Å². The first-order valence-electron chi connectivity index (χ1n) is 9.87. The number of carbonyl (C=O) groups excluding carboxylic acids is 1. The normalized spacial score (nSPS) is 12.3. The maximum absolute atomic E-state index is 10.9. The van der Waals surface area contributed by atoms with Crippen molar-refractivity contribution in [2.45, 2.75) is 48.9 Å². The molecule has 0 heterocycles. The number of benzene rings is 2. The van der Waals surface area contributed by atoms with Crippen LogP contribution in [0.2, 0.25) is 0 Å². The fourth-order valence-electron chi connectivity index (χ4n) is 2.89. The third kappa shape index (κ3) is 11.3. The van der Waals surface area contributed by atoms with Crippen molar-refractivity contribution in [2.24, 2.45) is 0 Å². The Labute approximate surface area is 192 Å². The Balaban J connectivity index is 1.71. The smallest absolute Gasteiger partial charge is 0.214 e. The topological polar surface area (TPSA) is 17.1 Å². The van der Waals surface area contributed by atoms with Crippen LogP contribution in [0.1, 0.15) is 43.2 Å². The van der Waals surface area contributed by atoms with E-state index in [1.807, 2.05) is 40.4 Å². The standard InChI is InChI=1S/C24H29IOS2/c25-24(26)16-10-2-1-9-15-23(28-20-22-13-7-4-8-14-22)17-18-27-19-21-11-5-3-6-12-21/h3-8,10-14,16,23H,1-2,9,15,17-20H2/b16-10+. The number of hydrogen-bond acceptors (Lipinski definition) is 3. The van der Waals surface area contributed by atoms with Gasteiger partial charge in [-0.3, -0.25) is 4.79 Å². The summed E-state index contributed by atoms with van der Waals surface area (Å²) >= 11 is 5.97. The average Bonchev–Trinajstić information content (AvgIpc) is 2.72. The number of carbonyl (C=O) groups is 1. The van der Waals surface area contributed by atoms with Gasteiger partial charge in [-0.15, -0.1) is 0 Å². The first kappa shape index (κ1) is 23.6. The van der Waals surface area contributed by atoms with E-state index in [9.17, 15) is 4.79 Å². The zero-order valence-electron chi connectivity index (χ0n) is 16.3. The van der Waals surface area contributed by atoms with Crippen LogP contribution in [-0.2, 0) is 16.3 Å². The van der Waals surface area contributed by atoms with Gasteiger partial charge in [0, 0.05) is 39.3 Å². The molecule has 0 saturated heterocycles. The molecule has 0 bridgehead atoms. The van der Waals surface area contributed by atoms with Gasteiger partial charge in [0.15, 0.2) is 0 Å². The van der Waals surface area contributed by atoms with Crippen LogP contribution in [-0.4, -0.2) is 14.8 Å². The quantitative estimate of drug-likeness (QED) is 0.109. The van der Waals surface area contributed by atoms with Gasteiger partial charge in [0.1, 0.15) is 0 Å². The number of rotatable bonds is 14. The molecule has 0 aliphatic heterocycles. The first-order chi connectivity index (χ1) is 13.7. The van der Waals surface area contributed by atoms with E-state index < -0.39 is 0 Å². The molecule has 0 amide bonds. The largest absolute Gasteiger partial charge is 0.283 e. The Kier molecular flexibility index (Phi) is 12.8. The molecule has 1 unspecified atom stereocenters. The van der Waals surface area contributed by atoms with Gasteiger partial charge in [0.05, 0.1) is 0 Å². The van der Waals surface area contributed by atoms with E-state index in [1.54, 1.807) is 6.08 Å². The van der Waals surface area contributed by atoms with Crippen molar-refractivity contribution in [2.75, 3.05) is 5.75 Å². The lowest BCUT2D eigenvalue weighted by atomic mass is 10.1. The minimum atomic E-state index is 0.115. The molecule has 0 aliphatic carbocycles. The summed E-state index contributed by atoms with van der Waals surface area (Å²) in [4.78, 5) is 10.9. The molecule has 0 radical (unpaired) electrons. The van der Waals surface area contributed by atoms with E-state index in [-0.39, 0.29) is 3.79 Å². The van der Waals surface area contributed by atoms with Crippen molar-refractivity contribution in [3.63, 3.8) is 0 Å². The van der Waals surface area contributed by atoms with Crippen LogP contribution < -0.4 is 0 Å². The zero-order valence-corrected chi connectivity index (χ0v) is 20.1. The van der Waals surface area contributed by atoms with E-state index in [2.05, 4.69) is 72.4 Å². The lowest BCUT2D eigenvalue weighted by molar-refractivity contribution is -0.105. The van der Waals surface area contributed by atoms with Gasteiger partial charge in [0.25, 0.3) is 0 Å². The molecule has 0 aliphatic rings. The summed E-state index contributed by atoms with van der Waals surface area (Å²) in [5.41, 5.74) is 2.83. The molecule has 1 nitrogen and oxygen atoms in total. The minimum Gasteiger partial charge on any atom is -0.283 e. The van der Waals surface area contributed by atoms with E-state index in [0.29, 0.717) is 5.25 Å². The molecule has 0 spiro atoms. The Bertz CT molecular complexity index is 688. The summed E-state index contributed by atoms with van der Waals surface area (Å²) in [7, 11) is 0. The molecule has 1 atom stereocenters. The van der Waals surface area contributed by atoms with Gasteiger partial charge in [-0.2, -0.15) is 23.5 Å². The second-order valence-corrected chi connectivity index (χ2v) is 10.2. The van der Waals surface area contributed by atoms with E-state index in [1.165, 1.54) is 42.6 Å². The second kappa shape index (κ2) is 15.2. The highest BCUT2D eigenvalue weighted by molar-refractivity contribution is 14.1. The van der Waals surface area contributed by atoms with E-state index in [4.69, 9.17) is 0 Å². The lowest BCUT2D eigenvalue weighted by Gasteiger charge is -2.16. The molecule has 0 saturated carbocycles. The third-order valence-electron chi connectivity index (χ3n) is 4.42. The highest BCUT2D eigenvalue weighted by Crippen LogP contribution is 2.27. The van der Waals surface area contributed by atoms with Crippen LogP contribution >= 0.6 is 46.1 Å². The van der Waals surface area contributed by atoms with Gasteiger partial charge in [-0.25, -0.2) is 0 Å². The van der Waals surface area contributed by atoms with Crippen LogP contribution in [0.3, 0.4) is 0 Å². The zero-order chi connectivity index (χ0) is 19.9. The molecule has 0 fully saturated rings. The van der Waals surface area contributed by atoms with Crippen molar-refractivity contribution < 1.29 is 4.79 Å². The minimum absolute atomic E-state index is 0.115. The van der Waals surface area contributed by atoms with Gasteiger partial charge >= 0.3 is 0 Å². The molecule has 150 valence electrons. The molecule has 2 rings (SSSR count). The Morgan fingerprint density at radius 2 is 1.54 bits per heavy atom. The number of unbranched alkanes of at least 4 members (excludes halogenated alkanes) is 2. The number of halogens is 1. The predicted molar refractivity (Wildman–Crippen MR) is 135 cm³/mol. The SMILES string of the molecule is O=C(I)/C=C/CCCCC(CCSCc1ccccc1)SCc1ccccc1. The Morgan fingerprint density at radius 1 is 0.893 bits per heavy atom. The van der Waals surface area contributed by atoms with Crippen molar-refractivity contribution in [3.05, 3.63) is 83.9 Å². The first-order valence-corrected chi connectivity index (χ1v) is 13.2. The fraction of sp³-hybridized carbons (Fsp3) is 0.375. The van der Waals surface area contributed by atoms with E-state index in [0.717, 1.165) is 17.9 Å². The molecule has 0 N–H and O–H groups in total. The highest BCUT2D eigenvalue weighted by Gasteiger charge is 2.10. The molecule has 28 heavy (non-hydrogen) atoms. The Morgan fingerprint density at radius 3 is 2.18 bits per heavy atom.